The van der Waals surface area contributed by atoms with Gasteiger partial charge in [0.1, 0.15) is 12.9 Å². The van der Waals surface area contributed by atoms with E-state index in [0.29, 0.717) is 12.8 Å². The van der Waals surface area contributed by atoms with Crippen LogP contribution in [0.2, 0.25) is 0 Å². The highest BCUT2D eigenvalue weighted by atomic mass is 31.2. The smallest absolute Gasteiger partial charge is 0.147 e. The van der Waals surface area contributed by atoms with Gasteiger partial charge in [-0.3, -0.25) is 4.79 Å². The first-order valence-electron chi connectivity index (χ1n) is 15.1. The van der Waals surface area contributed by atoms with Crippen molar-refractivity contribution in [2.75, 3.05) is 0 Å². The van der Waals surface area contributed by atoms with Crippen molar-refractivity contribution in [3.63, 3.8) is 0 Å². The molecule has 0 N–H and O–H groups in total. The molecular weight excluding hydrogens is 531 g/mol. The maximum atomic E-state index is 16.4. The summed E-state index contributed by atoms with van der Waals surface area (Å²) in [6.45, 7) is 0. The van der Waals surface area contributed by atoms with Gasteiger partial charge in [-0.25, -0.2) is 0 Å². The molecule has 0 radical (unpaired) electrons. The summed E-state index contributed by atoms with van der Waals surface area (Å²) in [5, 5.41) is 15.9. The highest BCUT2D eigenvalue weighted by Gasteiger charge is 2.41. The summed E-state index contributed by atoms with van der Waals surface area (Å²) in [7, 11) is -3.30. The number of hydrogen-bond donors (Lipinski definition) is 0. The highest BCUT2D eigenvalue weighted by molar-refractivity contribution is 7.80. The molecule has 1 atom stereocenters. The molecule has 9 rings (SSSR count). The van der Waals surface area contributed by atoms with Crippen LogP contribution in [0.15, 0.2) is 109 Å². The number of carbonyl (C=O) groups is 1. The lowest BCUT2D eigenvalue weighted by atomic mass is 9.94. The van der Waals surface area contributed by atoms with Crippen molar-refractivity contribution < 1.29 is 9.36 Å². The Hall–Kier alpha value is -4.26. The van der Waals surface area contributed by atoms with Gasteiger partial charge in [0.05, 0.1) is 0 Å². The van der Waals surface area contributed by atoms with Gasteiger partial charge in [-0.2, -0.15) is 0 Å². The molecule has 1 aliphatic carbocycles. The number of Topliss-reactive ketones (excluding diaryl/α,β-unsaturated/α-hetero) is 1. The minimum Gasteiger partial charge on any atom is -0.313 e. The van der Waals surface area contributed by atoms with Crippen LogP contribution in [0.5, 0.6) is 0 Å². The Morgan fingerprint density at radius 1 is 0.500 bits per heavy atom. The minimum atomic E-state index is -3.30. The van der Waals surface area contributed by atoms with Crippen LogP contribution in [-0.4, -0.2) is 11.4 Å². The second-order valence-electron chi connectivity index (χ2n) is 12.2. The van der Waals surface area contributed by atoms with Gasteiger partial charge in [0.15, 0.2) is 0 Å². The van der Waals surface area contributed by atoms with Crippen LogP contribution in [0.1, 0.15) is 32.1 Å². The first-order valence-corrected chi connectivity index (χ1v) is 16.8. The predicted octanol–water partition coefficient (Wildman–Crippen LogP) is 9.70. The summed E-state index contributed by atoms with van der Waals surface area (Å²) in [6, 6.07) is 38.9. The average Bonchev–Trinajstić information content (AvgIpc) is 3.26. The number of benzene rings is 8. The molecule has 1 fully saturated rings. The van der Waals surface area contributed by atoms with Crippen LogP contribution in [0, 0.1) is 0 Å². The monoisotopic (exact) mass is 560 g/mol. The zero-order valence-electron chi connectivity index (χ0n) is 23.3. The molecule has 0 aromatic heterocycles. The minimum absolute atomic E-state index is 0.218. The Labute approximate surface area is 244 Å². The van der Waals surface area contributed by atoms with E-state index in [1.165, 1.54) is 43.1 Å². The van der Waals surface area contributed by atoms with Gasteiger partial charge in [0.2, 0.25) is 0 Å². The normalized spacial score (nSPS) is 17.0. The van der Waals surface area contributed by atoms with Crippen LogP contribution < -0.4 is 10.6 Å². The van der Waals surface area contributed by atoms with E-state index >= 15 is 4.57 Å². The maximum Gasteiger partial charge on any atom is 0.147 e. The molecule has 1 aliphatic rings. The van der Waals surface area contributed by atoms with Crippen molar-refractivity contribution in [3.05, 3.63) is 109 Å². The first kappa shape index (κ1) is 24.3. The molecule has 8 aromatic rings. The Morgan fingerprint density at radius 2 is 0.929 bits per heavy atom. The predicted molar refractivity (Wildman–Crippen MR) is 179 cm³/mol. The molecule has 2 nitrogen and oxygen atoms in total. The lowest BCUT2D eigenvalue weighted by Gasteiger charge is -2.30. The first-order chi connectivity index (χ1) is 20.6. The molecule has 42 heavy (non-hydrogen) atoms. The van der Waals surface area contributed by atoms with Gasteiger partial charge < -0.3 is 4.57 Å². The summed E-state index contributed by atoms with van der Waals surface area (Å²) in [6.07, 6.45) is 3.58. The van der Waals surface area contributed by atoms with Crippen molar-refractivity contribution in [1.82, 2.24) is 0 Å². The molecule has 0 spiro atoms. The lowest BCUT2D eigenvalue weighted by Crippen LogP contribution is -2.28. The Balaban J connectivity index is 1.43. The van der Waals surface area contributed by atoms with E-state index in [0.717, 1.165) is 51.4 Å². The summed E-state index contributed by atoms with van der Waals surface area (Å²) >= 11 is 0. The van der Waals surface area contributed by atoms with Gasteiger partial charge in [-0.15, -0.1) is 0 Å². The Bertz CT molecular complexity index is 2220. The fourth-order valence-electron chi connectivity index (χ4n) is 8.02. The summed E-state index contributed by atoms with van der Waals surface area (Å²) in [5.41, 5.74) is -0.218. The molecular formula is C39H29O2P. The quantitative estimate of drug-likeness (QED) is 0.122. The van der Waals surface area contributed by atoms with Crippen LogP contribution in [0.3, 0.4) is 0 Å². The molecule has 8 aromatic carbocycles. The number of hydrogen-bond acceptors (Lipinski definition) is 2. The van der Waals surface area contributed by atoms with Crippen LogP contribution in [0.4, 0.5) is 0 Å². The standard InChI is InChI=1S/C39H29O2P/c40-30-9-1-2-10-31(23-30)42(41,34-21-17-28-13-11-24-5-3-7-26-15-19-32(34)38(28)36(24)26)35-22-18-29-14-12-25-6-4-8-27-16-20-33(35)39(29)37(25)27/h3-8,11-22,31H,1-2,9-10,23H2. The van der Waals surface area contributed by atoms with Crippen molar-refractivity contribution in [2.45, 2.75) is 37.8 Å². The zero-order chi connectivity index (χ0) is 28.0. The van der Waals surface area contributed by atoms with Crippen molar-refractivity contribution in [3.8, 4) is 0 Å². The van der Waals surface area contributed by atoms with Crippen LogP contribution in [-0.2, 0) is 9.36 Å². The van der Waals surface area contributed by atoms with Crippen molar-refractivity contribution in [2.24, 2.45) is 0 Å². The Morgan fingerprint density at radius 3 is 1.43 bits per heavy atom. The molecule has 0 aliphatic heterocycles. The molecule has 0 amide bonds. The molecule has 202 valence electrons. The molecule has 3 heteroatoms. The summed E-state index contributed by atoms with van der Waals surface area (Å²) in [5.74, 6) is 0.244. The summed E-state index contributed by atoms with van der Waals surface area (Å²) in [4.78, 5) is 13.2. The topological polar surface area (TPSA) is 34.1 Å². The third-order valence-corrected chi connectivity index (χ3v) is 13.6. The molecule has 0 saturated heterocycles. The highest BCUT2D eigenvalue weighted by Crippen LogP contribution is 2.56. The third kappa shape index (κ3) is 3.28. The zero-order valence-corrected chi connectivity index (χ0v) is 24.2. The Kier molecular flexibility index (Phi) is 5.14. The second kappa shape index (κ2) is 8.87. The number of carbonyl (C=O) groups excluding carboxylic acids is 1. The summed E-state index contributed by atoms with van der Waals surface area (Å²) < 4.78 is 16.4. The maximum absolute atomic E-state index is 16.4. The molecule has 1 saturated carbocycles. The molecule has 1 unspecified atom stereocenters. The molecule has 0 bridgehead atoms. The van der Waals surface area contributed by atoms with E-state index in [-0.39, 0.29) is 11.4 Å². The van der Waals surface area contributed by atoms with Gasteiger partial charge in [0.25, 0.3) is 0 Å². The van der Waals surface area contributed by atoms with E-state index < -0.39 is 7.14 Å². The van der Waals surface area contributed by atoms with Crippen molar-refractivity contribution in [1.29, 1.82) is 0 Å². The fraction of sp³-hybridized carbons (Fsp3) is 0.154. The number of ketones is 1. The fourth-order valence-corrected chi connectivity index (χ4v) is 11.8. The lowest BCUT2D eigenvalue weighted by molar-refractivity contribution is -0.118. The van der Waals surface area contributed by atoms with Gasteiger partial charge in [-0.05, 0) is 89.6 Å². The van der Waals surface area contributed by atoms with E-state index in [1.807, 2.05) is 0 Å². The van der Waals surface area contributed by atoms with Crippen LogP contribution in [0.25, 0.3) is 64.6 Å². The second-order valence-corrected chi connectivity index (χ2v) is 15.2. The largest absolute Gasteiger partial charge is 0.313 e. The third-order valence-electron chi connectivity index (χ3n) is 9.95. The van der Waals surface area contributed by atoms with Crippen LogP contribution >= 0.6 is 7.14 Å². The van der Waals surface area contributed by atoms with Gasteiger partial charge in [-0.1, -0.05) is 103 Å². The van der Waals surface area contributed by atoms with E-state index in [9.17, 15) is 4.79 Å². The van der Waals surface area contributed by atoms with Gasteiger partial charge in [0, 0.05) is 29.1 Å². The van der Waals surface area contributed by atoms with E-state index in [1.54, 1.807) is 0 Å². The van der Waals surface area contributed by atoms with E-state index in [4.69, 9.17) is 0 Å². The van der Waals surface area contributed by atoms with Crippen molar-refractivity contribution >= 4 is 88.2 Å². The molecule has 0 heterocycles. The van der Waals surface area contributed by atoms with Gasteiger partial charge >= 0.3 is 0 Å². The van der Waals surface area contributed by atoms with E-state index in [2.05, 4.69) is 109 Å². The number of rotatable bonds is 3. The SMILES string of the molecule is O=C1CCCCC(P(=O)(c2ccc3ccc4cccc5ccc2c3c45)c2ccc3ccc4cccc5ccc2c3c45)C1. The average molecular weight is 561 g/mol.